The van der Waals surface area contributed by atoms with Crippen molar-refractivity contribution in [1.82, 2.24) is 20.2 Å². The average Bonchev–Trinajstić information content (AvgIpc) is 2.98. The van der Waals surface area contributed by atoms with Gasteiger partial charge in [-0.25, -0.2) is 0 Å². The van der Waals surface area contributed by atoms with Crippen LogP contribution in [0.5, 0.6) is 0 Å². The van der Waals surface area contributed by atoms with Crippen LogP contribution >= 0.6 is 27.3 Å². The van der Waals surface area contributed by atoms with Crippen LogP contribution in [0.3, 0.4) is 0 Å². The maximum Gasteiger partial charge on any atom is 0.215 e. The van der Waals surface area contributed by atoms with E-state index in [1.54, 1.807) is 11.3 Å². The predicted molar refractivity (Wildman–Crippen MR) is 70.2 cm³/mol. The van der Waals surface area contributed by atoms with Gasteiger partial charge in [-0.15, -0.1) is 26.3 Å². The molecule has 0 bridgehead atoms. The van der Waals surface area contributed by atoms with Gasteiger partial charge >= 0.3 is 0 Å². The Balaban J connectivity index is 1.99. The SMILES string of the molecule is Brc1ccc(-c2nnn(-c3ccccc3)n2)s1. The number of aromatic nitrogens is 4. The topological polar surface area (TPSA) is 43.6 Å². The van der Waals surface area contributed by atoms with Crippen LogP contribution in [0.25, 0.3) is 16.4 Å². The van der Waals surface area contributed by atoms with Crippen molar-refractivity contribution >= 4 is 27.3 Å². The second kappa shape index (κ2) is 4.38. The molecule has 0 unspecified atom stereocenters. The molecular weight excluding hydrogens is 300 g/mol. The van der Waals surface area contributed by atoms with Gasteiger partial charge in [0.2, 0.25) is 5.82 Å². The van der Waals surface area contributed by atoms with Crippen molar-refractivity contribution in [3.63, 3.8) is 0 Å². The second-order valence-electron chi connectivity index (χ2n) is 3.34. The number of para-hydroxylation sites is 1. The van der Waals surface area contributed by atoms with Crippen LogP contribution in [0.15, 0.2) is 46.3 Å². The molecule has 2 aromatic heterocycles. The first-order valence-corrected chi connectivity index (χ1v) is 6.55. The first-order chi connectivity index (χ1) is 8.33. The predicted octanol–water partition coefficient (Wildman–Crippen LogP) is 3.15. The van der Waals surface area contributed by atoms with Crippen LogP contribution in [-0.2, 0) is 0 Å². The zero-order valence-electron chi connectivity index (χ0n) is 8.62. The Kier molecular flexibility index (Phi) is 2.74. The third-order valence-electron chi connectivity index (χ3n) is 2.19. The molecule has 3 rings (SSSR count). The Morgan fingerprint density at radius 2 is 1.88 bits per heavy atom. The largest absolute Gasteiger partial charge is 0.215 e. The van der Waals surface area contributed by atoms with E-state index >= 15 is 0 Å². The minimum Gasteiger partial charge on any atom is -0.130 e. The Hall–Kier alpha value is -1.53. The third-order valence-corrected chi connectivity index (χ3v) is 3.81. The number of hydrogen-bond donors (Lipinski definition) is 0. The lowest BCUT2D eigenvalue weighted by molar-refractivity contribution is 0.720. The molecule has 3 aromatic rings. The second-order valence-corrected chi connectivity index (χ2v) is 5.80. The fourth-order valence-electron chi connectivity index (χ4n) is 1.42. The van der Waals surface area contributed by atoms with Crippen molar-refractivity contribution in [3.05, 3.63) is 46.3 Å². The minimum atomic E-state index is 0.643. The molecular formula is C11H7BrN4S. The molecule has 0 saturated carbocycles. The summed E-state index contributed by atoms with van der Waals surface area (Å²) >= 11 is 5.00. The summed E-state index contributed by atoms with van der Waals surface area (Å²) in [7, 11) is 0. The van der Waals surface area contributed by atoms with Crippen molar-refractivity contribution in [3.8, 4) is 16.4 Å². The highest BCUT2D eigenvalue weighted by Crippen LogP contribution is 2.28. The van der Waals surface area contributed by atoms with Gasteiger partial charge in [-0.05, 0) is 45.4 Å². The molecule has 0 radical (unpaired) electrons. The van der Waals surface area contributed by atoms with E-state index in [2.05, 4.69) is 31.3 Å². The average molecular weight is 307 g/mol. The maximum atomic E-state index is 4.35. The summed E-state index contributed by atoms with van der Waals surface area (Å²) in [6.45, 7) is 0. The zero-order valence-corrected chi connectivity index (χ0v) is 11.0. The molecule has 6 heteroatoms. The summed E-state index contributed by atoms with van der Waals surface area (Å²) in [4.78, 5) is 2.53. The molecule has 4 nitrogen and oxygen atoms in total. The molecule has 0 aliphatic rings. The van der Waals surface area contributed by atoms with Gasteiger partial charge in [0, 0.05) is 0 Å². The summed E-state index contributed by atoms with van der Waals surface area (Å²) in [5.41, 5.74) is 0.905. The maximum absolute atomic E-state index is 4.35. The van der Waals surface area contributed by atoms with Crippen molar-refractivity contribution in [1.29, 1.82) is 0 Å². The molecule has 0 saturated heterocycles. The molecule has 0 amide bonds. The van der Waals surface area contributed by atoms with E-state index < -0.39 is 0 Å². The van der Waals surface area contributed by atoms with Crippen molar-refractivity contribution < 1.29 is 0 Å². The zero-order chi connectivity index (χ0) is 11.7. The standard InChI is InChI=1S/C11H7BrN4S/c12-10-7-6-9(17-10)11-13-15-16(14-11)8-4-2-1-3-5-8/h1-7H. The first kappa shape index (κ1) is 10.6. The normalized spacial score (nSPS) is 10.6. The lowest BCUT2D eigenvalue weighted by Gasteiger charge is -1.95. The van der Waals surface area contributed by atoms with E-state index in [1.165, 1.54) is 4.80 Å². The van der Waals surface area contributed by atoms with Crippen LogP contribution in [0.4, 0.5) is 0 Å². The number of hydrogen-bond acceptors (Lipinski definition) is 4. The Labute approximate surface area is 110 Å². The Bertz CT molecular complexity index is 632. The summed E-state index contributed by atoms with van der Waals surface area (Å²) in [5.74, 6) is 0.643. The molecule has 0 N–H and O–H groups in total. The van der Waals surface area contributed by atoms with Gasteiger partial charge in [0.1, 0.15) is 0 Å². The van der Waals surface area contributed by atoms with Crippen LogP contribution in [0.2, 0.25) is 0 Å². The molecule has 0 aliphatic carbocycles. The van der Waals surface area contributed by atoms with Gasteiger partial charge in [0.05, 0.1) is 14.4 Å². The molecule has 0 fully saturated rings. The van der Waals surface area contributed by atoms with Gasteiger partial charge in [0.15, 0.2) is 0 Å². The van der Waals surface area contributed by atoms with E-state index in [4.69, 9.17) is 0 Å². The van der Waals surface area contributed by atoms with Crippen LogP contribution in [-0.4, -0.2) is 20.2 Å². The third kappa shape index (κ3) is 2.13. The van der Waals surface area contributed by atoms with Crippen molar-refractivity contribution in [2.75, 3.05) is 0 Å². The van der Waals surface area contributed by atoms with Crippen LogP contribution in [0, 0.1) is 0 Å². The van der Waals surface area contributed by atoms with Crippen molar-refractivity contribution in [2.45, 2.75) is 0 Å². The molecule has 17 heavy (non-hydrogen) atoms. The highest BCUT2D eigenvalue weighted by molar-refractivity contribution is 9.11. The lowest BCUT2D eigenvalue weighted by atomic mass is 10.3. The highest BCUT2D eigenvalue weighted by atomic mass is 79.9. The fraction of sp³-hybridized carbons (Fsp3) is 0. The number of rotatable bonds is 2. The van der Waals surface area contributed by atoms with E-state index in [1.807, 2.05) is 42.5 Å². The number of nitrogens with zero attached hydrogens (tertiary/aromatic N) is 4. The minimum absolute atomic E-state index is 0.643. The van der Waals surface area contributed by atoms with E-state index in [9.17, 15) is 0 Å². The lowest BCUT2D eigenvalue weighted by Crippen LogP contribution is -1.97. The van der Waals surface area contributed by atoms with Gasteiger partial charge in [-0.1, -0.05) is 18.2 Å². The summed E-state index contributed by atoms with van der Waals surface area (Å²) < 4.78 is 1.06. The molecule has 0 atom stereocenters. The van der Waals surface area contributed by atoms with Crippen LogP contribution in [0.1, 0.15) is 0 Å². The van der Waals surface area contributed by atoms with Gasteiger partial charge in [-0.2, -0.15) is 0 Å². The quantitative estimate of drug-likeness (QED) is 0.730. The Morgan fingerprint density at radius 1 is 1.06 bits per heavy atom. The van der Waals surface area contributed by atoms with Gasteiger partial charge < -0.3 is 0 Å². The molecule has 1 aromatic carbocycles. The summed E-state index contributed by atoms with van der Waals surface area (Å²) in [6.07, 6.45) is 0. The van der Waals surface area contributed by atoms with E-state index in [-0.39, 0.29) is 0 Å². The smallest absolute Gasteiger partial charge is 0.130 e. The first-order valence-electron chi connectivity index (χ1n) is 4.94. The van der Waals surface area contributed by atoms with Crippen LogP contribution < -0.4 is 0 Å². The molecule has 0 spiro atoms. The van der Waals surface area contributed by atoms with Gasteiger partial charge in [0.25, 0.3) is 0 Å². The number of tetrazole rings is 1. The van der Waals surface area contributed by atoms with Crippen molar-refractivity contribution in [2.24, 2.45) is 0 Å². The molecule has 84 valence electrons. The fourth-order valence-corrected chi connectivity index (χ4v) is 2.73. The van der Waals surface area contributed by atoms with E-state index in [0.717, 1.165) is 14.4 Å². The molecule has 0 aliphatic heterocycles. The Morgan fingerprint density at radius 3 is 2.59 bits per heavy atom. The monoisotopic (exact) mass is 306 g/mol. The number of halogens is 1. The number of thiophene rings is 1. The highest BCUT2D eigenvalue weighted by Gasteiger charge is 2.08. The summed E-state index contributed by atoms with van der Waals surface area (Å²) in [5, 5.41) is 12.4. The van der Waals surface area contributed by atoms with E-state index in [0.29, 0.717) is 5.82 Å². The number of benzene rings is 1. The summed E-state index contributed by atoms with van der Waals surface area (Å²) in [6, 6.07) is 13.7. The van der Waals surface area contributed by atoms with Gasteiger partial charge in [-0.3, -0.25) is 0 Å². The molecule has 2 heterocycles.